The van der Waals surface area contributed by atoms with Gasteiger partial charge in [0, 0.05) is 29.8 Å². The van der Waals surface area contributed by atoms with Crippen LogP contribution in [0.3, 0.4) is 0 Å². The molecule has 16 atom stereocenters. The van der Waals surface area contributed by atoms with Crippen molar-refractivity contribution in [2.24, 2.45) is 0 Å². The third-order valence-electron chi connectivity index (χ3n) is 12.7. The van der Waals surface area contributed by atoms with Gasteiger partial charge in [-0.25, -0.2) is 9.59 Å². The summed E-state index contributed by atoms with van der Waals surface area (Å²) < 4.78 is 52.5. The second kappa shape index (κ2) is 24.0. The third-order valence-corrected chi connectivity index (χ3v) is 12.7. The molecule has 0 spiro atoms. The molecule has 4 heterocycles. The molecule has 4 aromatic carbocycles. The summed E-state index contributed by atoms with van der Waals surface area (Å²) in [6.07, 6.45) is -25.0. The number of carbonyl (C=O) groups is 2. The van der Waals surface area contributed by atoms with Gasteiger partial charge in [0.05, 0.1) is 12.2 Å². The number of benzene rings is 4. The highest BCUT2D eigenvalue weighted by molar-refractivity contribution is 5.87. The highest BCUT2D eigenvalue weighted by Gasteiger charge is 2.53. The van der Waals surface area contributed by atoms with Crippen molar-refractivity contribution in [3.05, 3.63) is 107 Å². The molecular weight excluding hydrogens is 1040 g/mol. The second-order valence-corrected chi connectivity index (χ2v) is 18.1. The van der Waals surface area contributed by atoms with E-state index in [0.29, 0.717) is 0 Å². The topological polar surface area (TPSA) is 441 Å². The van der Waals surface area contributed by atoms with Gasteiger partial charge in [-0.3, -0.25) is 0 Å². The molecule has 8 rings (SSSR count). The number of fused-ring (bicyclic) bond motifs is 1. The number of aromatic hydroxyl groups is 7. The maximum absolute atomic E-state index is 13.0. The van der Waals surface area contributed by atoms with Crippen LogP contribution in [0, 0.1) is 0 Å². The number of carbonyl (C=O) groups excluding carboxylic acids is 2. The molecule has 16 N–H and O–H groups in total. The summed E-state index contributed by atoms with van der Waals surface area (Å²) in [6, 6.07) is 12.9. The van der Waals surface area contributed by atoms with Crippen LogP contribution in [0.2, 0.25) is 0 Å². The molecule has 0 bridgehead atoms. The summed E-state index contributed by atoms with van der Waals surface area (Å²) >= 11 is 0. The van der Waals surface area contributed by atoms with E-state index in [-0.39, 0.29) is 39.5 Å². The van der Waals surface area contributed by atoms with E-state index in [2.05, 4.69) is 0 Å². The molecule has 4 aromatic rings. The Hall–Kier alpha value is -7.48. The summed E-state index contributed by atoms with van der Waals surface area (Å²) in [5.74, 6) is -6.54. The fourth-order valence-electron chi connectivity index (χ4n) is 8.43. The summed E-state index contributed by atoms with van der Waals surface area (Å²) in [4.78, 5) is 25.7. The minimum Gasteiger partial charge on any atom is -0.508 e. The fraction of sp³-hybridized carbons (Fsp3) is 0.373. The molecule has 0 aromatic heterocycles. The maximum Gasteiger partial charge on any atom is 0.330 e. The van der Waals surface area contributed by atoms with Crippen LogP contribution in [0.4, 0.5) is 0 Å². The van der Waals surface area contributed by atoms with Gasteiger partial charge in [-0.2, -0.15) is 0 Å². The number of rotatable bonds is 16. The summed E-state index contributed by atoms with van der Waals surface area (Å²) in [6.45, 7) is -2.46. The van der Waals surface area contributed by atoms with Crippen LogP contribution in [0.25, 0.3) is 18.2 Å². The largest absolute Gasteiger partial charge is 0.508 e. The van der Waals surface area contributed by atoms with E-state index < -0.39 is 170 Å². The average molecular weight is 1100 g/mol. The number of hydrogen-bond acceptors (Lipinski definition) is 27. The van der Waals surface area contributed by atoms with Crippen LogP contribution >= 0.6 is 0 Å². The van der Waals surface area contributed by atoms with Gasteiger partial charge in [0.2, 0.25) is 12.6 Å². The molecule has 27 heteroatoms. The SMILES string of the molecule is O=C(/C=C/c1ccc(O)c(O)c1)OC[C@H]1O[C@@H](O[C@H]2[C@@H](OC3=Cc4c(cc(O)cc4O[C@@H]4O[C@H](CO)[C@@H](O)[C@H](O)[C@H]4O)OC3c3ccc(O)c(O)c3)O[C@H](COC(=O)/C=C/c3ccc(O)c(O)c3)[C@@H](O)[C@@H]2O)[C@H](O)[C@@H](O)[C@@H]1O. The van der Waals surface area contributed by atoms with E-state index in [4.69, 9.17) is 42.6 Å². The smallest absolute Gasteiger partial charge is 0.330 e. The monoisotopic (exact) mass is 1100 g/mol. The Labute approximate surface area is 439 Å². The lowest BCUT2D eigenvalue weighted by Crippen LogP contribution is -2.64. The molecular formula is C51H54O27. The summed E-state index contributed by atoms with van der Waals surface area (Å²) in [7, 11) is 0. The number of ether oxygens (including phenoxy) is 9. The van der Waals surface area contributed by atoms with Gasteiger partial charge in [-0.15, -0.1) is 0 Å². The number of phenols is 7. The van der Waals surface area contributed by atoms with Crippen molar-refractivity contribution in [3.63, 3.8) is 0 Å². The first-order valence-electron chi connectivity index (χ1n) is 23.6. The zero-order chi connectivity index (χ0) is 56.3. The van der Waals surface area contributed by atoms with Crippen molar-refractivity contribution in [1.29, 1.82) is 0 Å². The van der Waals surface area contributed by atoms with Crippen molar-refractivity contribution in [1.82, 2.24) is 0 Å². The predicted octanol–water partition coefficient (Wildman–Crippen LogP) is -1.55. The molecule has 1 unspecified atom stereocenters. The molecule has 27 nitrogen and oxygen atoms in total. The number of aliphatic hydroxyl groups excluding tert-OH is 9. The van der Waals surface area contributed by atoms with Gasteiger partial charge in [-0.1, -0.05) is 18.2 Å². The fourth-order valence-corrected chi connectivity index (χ4v) is 8.43. The molecule has 420 valence electrons. The Bertz CT molecular complexity index is 2890. The quantitative estimate of drug-likeness (QED) is 0.0343. The van der Waals surface area contributed by atoms with Crippen LogP contribution < -0.4 is 9.47 Å². The van der Waals surface area contributed by atoms with E-state index >= 15 is 0 Å². The lowest BCUT2D eigenvalue weighted by molar-refractivity contribution is -0.364. The minimum absolute atomic E-state index is 0.0200. The highest BCUT2D eigenvalue weighted by atomic mass is 16.8. The van der Waals surface area contributed by atoms with Crippen molar-refractivity contribution in [3.8, 4) is 51.7 Å². The normalized spacial score (nSPS) is 31.0. The first kappa shape index (κ1) is 56.7. The van der Waals surface area contributed by atoms with E-state index in [1.54, 1.807) is 0 Å². The van der Waals surface area contributed by atoms with E-state index in [9.17, 15) is 91.3 Å². The number of phenolic OH excluding ortho intramolecular Hbond substituents is 7. The van der Waals surface area contributed by atoms with Gasteiger partial charge in [-0.05, 0) is 65.8 Å². The molecule has 4 aliphatic rings. The first-order valence-corrected chi connectivity index (χ1v) is 23.6. The van der Waals surface area contributed by atoms with Gasteiger partial charge >= 0.3 is 11.9 Å². The Kier molecular flexibility index (Phi) is 17.5. The number of aliphatic hydroxyl groups is 9. The van der Waals surface area contributed by atoms with Crippen LogP contribution in [0.5, 0.6) is 51.7 Å². The molecule has 3 fully saturated rings. The van der Waals surface area contributed by atoms with Gasteiger partial charge in [0.15, 0.2) is 53.0 Å². The zero-order valence-electron chi connectivity index (χ0n) is 40.2. The standard InChI is InChI=1S/C51H54O27/c52-17-34-39(62)42(65)45(68)49(75-34)73-32-15-23(53)14-31-24(32)16-33(47(72-31)22-5-8-27(56)30(59)13-22)74-51-48(44(67)41(64)36(77-51)19-71-38(61)10-4-21-2-7-26(55)29(58)12-21)78-50-46(69)43(66)40(63)35(76-50)18-70-37(60)9-3-20-1-6-25(54)28(57)11-20/h1-16,34-36,39-59,62-69H,17-19H2/b9-3+,10-4+/t34-,35-,36-,39-,40-,41-,42+,43+,44+,45-,46-,47?,48-,49-,50+,51+/m1/s1. The zero-order valence-corrected chi connectivity index (χ0v) is 40.2. The van der Waals surface area contributed by atoms with Gasteiger partial charge in [0.1, 0.15) is 103 Å². The van der Waals surface area contributed by atoms with Crippen molar-refractivity contribution in [2.45, 2.75) is 98.2 Å². The van der Waals surface area contributed by atoms with Gasteiger partial charge in [0.25, 0.3) is 0 Å². The highest BCUT2D eigenvalue weighted by Crippen LogP contribution is 2.47. The molecule has 4 aliphatic heterocycles. The molecule has 0 amide bonds. The molecule has 0 radical (unpaired) electrons. The first-order chi connectivity index (χ1) is 37.1. The van der Waals surface area contributed by atoms with Crippen LogP contribution in [0.1, 0.15) is 28.4 Å². The Morgan fingerprint density at radius 3 is 1.56 bits per heavy atom. The van der Waals surface area contributed by atoms with Crippen LogP contribution in [-0.2, 0) is 42.7 Å². The Morgan fingerprint density at radius 2 is 1.01 bits per heavy atom. The second-order valence-electron chi connectivity index (χ2n) is 18.1. The van der Waals surface area contributed by atoms with Gasteiger partial charge < -0.3 is 124 Å². The van der Waals surface area contributed by atoms with E-state index in [0.717, 1.165) is 54.6 Å². The molecule has 3 saturated heterocycles. The van der Waals surface area contributed by atoms with E-state index in [1.165, 1.54) is 42.5 Å². The number of hydrogen-bond donors (Lipinski definition) is 16. The van der Waals surface area contributed by atoms with Crippen molar-refractivity contribution in [2.75, 3.05) is 19.8 Å². The van der Waals surface area contributed by atoms with E-state index in [1.807, 2.05) is 0 Å². The Morgan fingerprint density at radius 1 is 0.513 bits per heavy atom. The van der Waals surface area contributed by atoms with Crippen LogP contribution in [-0.4, -0.2) is 206 Å². The maximum atomic E-state index is 13.0. The average Bonchev–Trinajstić information content (AvgIpc) is 3.45. The third kappa shape index (κ3) is 12.6. The summed E-state index contributed by atoms with van der Waals surface area (Å²) in [5, 5.41) is 169. The lowest BCUT2D eigenvalue weighted by atomic mass is 9.97. The van der Waals surface area contributed by atoms with Crippen molar-refractivity contribution < 1.29 is 134 Å². The molecule has 0 aliphatic carbocycles. The molecule has 78 heavy (non-hydrogen) atoms. The minimum atomic E-state index is -2.18. The number of esters is 2. The summed E-state index contributed by atoms with van der Waals surface area (Å²) in [5.41, 5.74) is 0.427. The predicted molar refractivity (Wildman–Crippen MR) is 256 cm³/mol. The Balaban J connectivity index is 1.11. The lowest BCUT2D eigenvalue weighted by Gasteiger charge is -2.46. The van der Waals surface area contributed by atoms with Crippen LogP contribution in [0.15, 0.2) is 84.6 Å². The molecule has 0 saturated carbocycles. The van der Waals surface area contributed by atoms with Crippen molar-refractivity contribution >= 4 is 30.2 Å².